The van der Waals surface area contributed by atoms with Crippen LogP contribution in [-0.2, 0) is 11.3 Å². The van der Waals surface area contributed by atoms with E-state index in [4.69, 9.17) is 9.26 Å². The van der Waals surface area contributed by atoms with E-state index in [1.165, 1.54) is 41.4 Å². The molecular weight excluding hydrogens is 529 g/mol. The number of halogens is 1. The number of ether oxygens (including phenoxy) is 1. The van der Waals surface area contributed by atoms with E-state index in [2.05, 4.69) is 39.3 Å². The van der Waals surface area contributed by atoms with Crippen LogP contribution < -0.4 is 4.90 Å². The molecule has 9 heteroatoms. The summed E-state index contributed by atoms with van der Waals surface area (Å²) in [7, 11) is 0. The predicted molar refractivity (Wildman–Crippen MR) is 150 cm³/mol. The van der Waals surface area contributed by atoms with Gasteiger partial charge in [0.2, 0.25) is 0 Å². The summed E-state index contributed by atoms with van der Waals surface area (Å²) in [5.74, 6) is 0.357. The number of benzene rings is 2. The number of carbonyl (C=O) groups is 1. The fourth-order valence-electron chi connectivity index (χ4n) is 6.79. The standard InChI is InChI=1S/C31H30FN3O4S/c32-25-11-18(30(36)37)12-26-28(25)33-31(40-26)35-19-9-10-20(35)14-21(13-19)38-15-24-27(34-39-29(24)17-7-8-17)23-4-2-1-3-22(23)16-5-6-16/h1-4,11-12,16-17,19-21H,5-10,13-15H2,(H,36,37)/t19-,20+,21-. The molecule has 4 aliphatic rings. The average Bonchev–Trinajstić information content (AvgIpc) is 3.87. The fraction of sp³-hybridized carbons (Fsp3) is 0.452. The monoisotopic (exact) mass is 559 g/mol. The normalized spacial score (nSPS) is 24.2. The summed E-state index contributed by atoms with van der Waals surface area (Å²) in [4.78, 5) is 18.3. The van der Waals surface area contributed by atoms with Crippen LogP contribution >= 0.6 is 11.3 Å². The van der Waals surface area contributed by atoms with Gasteiger partial charge in [-0.05, 0) is 75.0 Å². The second-order valence-electron chi connectivity index (χ2n) is 11.8. The highest BCUT2D eigenvalue weighted by Crippen LogP contribution is 2.49. The number of carboxylic acids is 1. The lowest BCUT2D eigenvalue weighted by Crippen LogP contribution is -2.45. The first-order valence-electron chi connectivity index (χ1n) is 14.3. The lowest BCUT2D eigenvalue weighted by atomic mass is 9.97. The zero-order chi connectivity index (χ0) is 27.0. The smallest absolute Gasteiger partial charge is 0.335 e. The summed E-state index contributed by atoms with van der Waals surface area (Å²) in [6.07, 6.45) is 8.73. The van der Waals surface area contributed by atoms with E-state index in [-0.39, 0.29) is 29.3 Å². The molecule has 0 amide bonds. The van der Waals surface area contributed by atoms with Crippen molar-refractivity contribution < 1.29 is 23.6 Å². The van der Waals surface area contributed by atoms with Crippen LogP contribution in [0, 0.1) is 5.82 Å². The predicted octanol–water partition coefficient (Wildman–Crippen LogP) is 7.26. The molecule has 0 radical (unpaired) electrons. The van der Waals surface area contributed by atoms with Crippen LogP contribution in [0.5, 0.6) is 0 Å². The van der Waals surface area contributed by atoms with Crippen LogP contribution in [0.2, 0.25) is 0 Å². The molecule has 4 heterocycles. The molecule has 1 N–H and O–H groups in total. The summed E-state index contributed by atoms with van der Waals surface area (Å²) >= 11 is 1.38. The van der Waals surface area contributed by atoms with Gasteiger partial charge >= 0.3 is 5.97 Å². The van der Waals surface area contributed by atoms with Gasteiger partial charge in [-0.1, -0.05) is 40.8 Å². The maximum absolute atomic E-state index is 14.6. The molecule has 2 aromatic heterocycles. The van der Waals surface area contributed by atoms with Crippen molar-refractivity contribution >= 4 is 32.7 Å². The third kappa shape index (κ3) is 4.21. The number of hydrogen-bond donors (Lipinski definition) is 1. The summed E-state index contributed by atoms with van der Waals surface area (Å²) in [5.41, 5.74) is 4.82. The van der Waals surface area contributed by atoms with E-state index in [9.17, 15) is 14.3 Å². The van der Waals surface area contributed by atoms with Crippen LogP contribution in [0.3, 0.4) is 0 Å². The first-order chi connectivity index (χ1) is 19.5. The highest BCUT2D eigenvalue weighted by molar-refractivity contribution is 7.22. The Kier molecular flexibility index (Phi) is 5.74. The topological polar surface area (TPSA) is 88.7 Å². The first kappa shape index (κ1) is 24.5. The number of aromatic carboxylic acids is 1. The van der Waals surface area contributed by atoms with Crippen molar-refractivity contribution in [2.45, 2.75) is 88.0 Å². The number of rotatable bonds is 8. The molecule has 2 aliphatic carbocycles. The van der Waals surface area contributed by atoms with Crippen LogP contribution in [0.15, 0.2) is 40.9 Å². The maximum Gasteiger partial charge on any atom is 0.335 e. The van der Waals surface area contributed by atoms with Gasteiger partial charge < -0.3 is 19.3 Å². The van der Waals surface area contributed by atoms with Gasteiger partial charge in [0.25, 0.3) is 0 Å². The number of carboxylic acid groups (broad SMARTS) is 1. The Bertz CT molecular complexity index is 1610. The minimum absolute atomic E-state index is 0.0475. The van der Waals surface area contributed by atoms with Gasteiger partial charge in [0, 0.05) is 29.1 Å². The summed E-state index contributed by atoms with van der Waals surface area (Å²) in [6.45, 7) is 0.498. The Morgan fingerprint density at radius 3 is 2.55 bits per heavy atom. The first-order valence-corrected chi connectivity index (χ1v) is 15.2. The number of hydrogen-bond acceptors (Lipinski definition) is 7. The van der Waals surface area contributed by atoms with Gasteiger partial charge in [0.05, 0.1) is 23.0 Å². The minimum atomic E-state index is -1.13. The molecule has 3 atom stereocenters. The summed E-state index contributed by atoms with van der Waals surface area (Å²) in [6, 6.07) is 11.7. The largest absolute Gasteiger partial charge is 0.478 e. The summed E-state index contributed by atoms with van der Waals surface area (Å²) < 4.78 is 27.8. The van der Waals surface area contributed by atoms with E-state index < -0.39 is 11.8 Å². The molecule has 2 aliphatic heterocycles. The van der Waals surface area contributed by atoms with E-state index in [1.807, 2.05) is 0 Å². The molecule has 40 heavy (non-hydrogen) atoms. The molecule has 7 nitrogen and oxygen atoms in total. The van der Waals surface area contributed by atoms with Gasteiger partial charge in [-0.2, -0.15) is 0 Å². The van der Waals surface area contributed by atoms with Crippen LogP contribution in [0.1, 0.15) is 90.4 Å². The van der Waals surface area contributed by atoms with Crippen LogP contribution in [0.4, 0.5) is 9.52 Å². The average molecular weight is 560 g/mol. The lowest BCUT2D eigenvalue weighted by molar-refractivity contribution is 0.0147. The third-order valence-corrected chi connectivity index (χ3v) is 10.1. The number of aromatic nitrogens is 2. The molecule has 0 spiro atoms. The Morgan fingerprint density at radius 1 is 1.07 bits per heavy atom. The zero-order valence-corrected chi connectivity index (χ0v) is 22.8. The molecule has 2 saturated carbocycles. The van der Waals surface area contributed by atoms with Gasteiger partial charge in [-0.15, -0.1) is 0 Å². The zero-order valence-electron chi connectivity index (χ0n) is 22.0. The van der Waals surface area contributed by atoms with Crippen molar-refractivity contribution in [1.29, 1.82) is 0 Å². The molecule has 4 fully saturated rings. The van der Waals surface area contributed by atoms with Crippen molar-refractivity contribution in [3.8, 4) is 11.3 Å². The van der Waals surface area contributed by atoms with Gasteiger partial charge in [-0.3, -0.25) is 0 Å². The number of fused-ring (bicyclic) bond motifs is 3. The van der Waals surface area contributed by atoms with Gasteiger partial charge in [0.1, 0.15) is 17.0 Å². The van der Waals surface area contributed by atoms with E-state index in [1.54, 1.807) is 0 Å². The number of thiazole rings is 1. The lowest BCUT2D eigenvalue weighted by Gasteiger charge is -2.38. The highest BCUT2D eigenvalue weighted by Gasteiger charge is 2.43. The summed E-state index contributed by atoms with van der Waals surface area (Å²) in [5, 5.41) is 14.7. The number of piperidine rings is 1. The van der Waals surface area contributed by atoms with E-state index >= 15 is 0 Å². The van der Waals surface area contributed by atoms with E-state index in [0.29, 0.717) is 23.1 Å². The van der Waals surface area contributed by atoms with Crippen molar-refractivity contribution in [2.24, 2.45) is 0 Å². The number of nitrogens with zero attached hydrogens (tertiary/aromatic N) is 3. The molecule has 206 valence electrons. The molecule has 4 aromatic rings. The van der Waals surface area contributed by atoms with Crippen molar-refractivity contribution in [2.75, 3.05) is 4.90 Å². The quantitative estimate of drug-likeness (QED) is 0.243. The molecule has 2 bridgehead atoms. The third-order valence-electron chi connectivity index (χ3n) is 9.06. The Labute approximate surface area is 234 Å². The second kappa shape index (κ2) is 9.38. The molecule has 2 saturated heterocycles. The van der Waals surface area contributed by atoms with Crippen LogP contribution in [-0.4, -0.2) is 39.4 Å². The van der Waals surface area contributed by atoms with Crippen LogP contribution in [0.25, 0.3) is 21.5 Å². The highest BCUT2D eigenvalue weighted by atomic mass is 32.1. The molecule has 2 aromatic carbocycles. The van der Waals surface area contributed by atoms with Gasteiger partial charge in [0.15, 0.2) is 10.9 Å². The Morgan fingerprint density at radius 2 is 1.82 bits per heavy atom. The fourth-order valence-corrected chi connectivity index (χ4v) is 7.95. The maximum atomic E-state index is 14.6. The van der Waals surface area contributed by atoms with Crippen molar-refractivity contribution in [3.05, 3.63) is 64.7 Å². The van der Waals surface area contributed by atoms with Crippen molar-refractivity contribution in [3.63, 3.8) is 0 Å². The van der Waals surface area contributed by atoms with Gasteiger partial charge in [-0.25, -0.2) is 14.2 Å². The minimum Gasteiger partial charge on any atom is -0.478 e. The SMILES string of the molecule is O=C(O)c1cc(F)c2nc(N3[C@@H]4CC[C@H]3C[C@H](OCc3c(-c5ccccc5C5CC5)noc3C3CC3)C4)sc2c1. The Hall–Kier alpha value is -3.30. The molecule has 8 rings (SSSR count). The molecule has 0 unspecified atom stereocenters. The van der Waals surface area contributed by atoms with E-state index in [0.717, 1.165) is 66.7 Å². The second-order valence-corrected chi connectivity index (χ2v) is 12.8. The molecular formula is C31H30FN3O4S. The Balaban J connectivity index is 1.02. The van der Waals surface area contributed by atoms with Crippen molar-refractivity contribution in [1.82, 2.24) is 10.1 Å². The number of anilines is 1.